The number of rotatable bonds is 1. The molecule has 0 aromatic carbocycles. The van der Waals surface area contributed by atoms with E-state index in [-0.39, 0.29) is 5.69 Å². The van der Waals surface area contributed by atoms with E-state index in [0.29, 0.717) is 3.57 Å². The van der Waals surface area contributed by atoms with E-state index >= 15 is 0 Å². The van der Waals surface area contributed by atoms with Crippen LogP contribution in [0.5, 0.6) is 0 Å². The third-order valence-electron chi connectivity index (χ3n) is 0.760. The van der Waals surface area contributed by atoms with E-state index in [0.717, 1.165) is 0 Å². The Morgan fingerprint density at radius 3 is 2.45 bits per heavy atom. The predicted octanol–water partition coefficient (Wildman–Crippen LogP) is 1.40. The molecule has 11 heavy (non-hydrogen) atoms. The van der Waals surface area contributed by atoms with Gasteiger partial charge in [-0.25, -0.2) is 0 Å². The van der Waals surface area contributed by atoms with Crippen LogP contribution in [-0.4, -0.2) is 11.1 Å². The van der Waals surface area contributed by atoms with Crippen LogP contribution >= 0.6 is 22.6 Å². The highest BCUT2D eigenvalue weighted by molar-refractivity contribution is 14.1. The summed E-state index contributed by atoms with van der Waals surface area (Å²) in [5.41, 5.74) is 5.08. The average Bonchev–Trinajstić information content (AvgIpc) is 2.39. The van der Waals surface area contributed by atoms with Gasteiger partial charge in [0.1, 0.15) is 6.26 Å². The molecule has 0 saturated heterocycles. The number of nitrogens with zero attached hydrogens (tertiary/aromatic N) is 1. The molecule has 1 aromatic rings. The molecule has 0 unspecified atom stereocenters. The lowest BCUT2D eigenvalue weighted by Crippen LogP contribution is -2.12. The van der Waals surface area contributed by atoms with Crippen LogP contribution < -0.4 is 5.73 Å². The maximum atomic E-state index is 10.4. The molecule has 1 aromatic heterocycles. The molecule has 62 valence electrons. The Kier molecular flexibility index (Phi) is 4.84. The van der Waals surface area contributed by atoms with Crippen LogP contribution in [0.15, 0.2) is 10.8 Å². The topological polar surface area (TPSA) is 69.1 Å². The summed E-state index contributed by atoms with van der Waals surface area (Å²) < 4.78 is 5.09. The molecule has 0 aliphatic carbocycles. The zero-order valence-corrected chi connectivity index (χ0v) is 8.45. The van der Waals surface area contributed by atoms with Gasteiger partial charge < -0.3 is 10.3 Å². The van der Waals surface area contributed by atoms with Crippen LogP contribution in [0.1, 0.15) is 24.3 Å². The van der Waals surface area contributed by atoms with Crippen LogP contribution in [0, 0.1) is 3.57 Å². The van der Waals surface area contributed by atoms with E-state index in [2.05, 4.69) is 9.68 Å². The fourth-order valence-corrected chi connectivity index (χ4v) is 0.865. The van der Waals surface area contributed by atoms with E-state index in [1.807, 2.05) is 36.4 Å². The second-order valence-corrected chi connectivity index (χ2v) is 2.54. The summed E-state index contributed by atoms with van der Waals surface area (Å²) in [6, 6.07) is 0. The van der Waals surface area contributed by atoms with Gasteiger partial charge >= 0.3 is 0 Å². The van der Waals surface area contributed by atoms with Gasteiger partial charge in [0, 0.05) is 0 Å². The highest BCUT2D eigenvalue weighted by Crippen LogP contribution is 2.07. The molecule has 1 rings (SSSR count). The van der Waals surface area contributed by atoms with E-state index in [1.165, 1.54) is 6.26 Å². The minimum Gasteiger partial charge on any atom is -0.364 e. The van der Waals surface area contributed by atoms with Gasteiger partial charge in [-0.05, 0) is 22.6 Å². The van der Waals surface area contributed by atoms with Gasteiger partial charge in [0.2, 0.25) is 0 Å². The smallest absolute Gasteiger partial charge is 0.272 e. The minimum absolute atomic E-state index is 0.190. The first-order valence-electron chi connectivity index (χ1n) is 3.11. The Balaban J connectivity index is 0.000000461. The molecular weight excluding hydrogens is 259 g/mol. The first-order chi connectivity index (χ1) is 5.22. The van der Waals surface area contributed by atoms with E-state index in [9.17, 15) is 4.79 Å². The average molecular weight is 268 g/mol. The molecule has 1 heterocycles. The van der Waals surface area contributed by atoms with E-state index in [4.69, 9.17) is 5.73 Å². The number of primary amides is 1. The number of aromatic nitrogens is 1. The van der Waals surface area contributed by atoms with Crippen molar-refractivity contribution in [2.24, 2.45) is 5.73 Å². The van der Waals surface area contributed by atoms with Crippen molar-refractivity contribution >= 4 is 28.5 Å². The third kappa shape index (κ3) is 2.87. The highest BCUT2D eigenvalue weighted by atomic mass is 127. The molecule has 4 nitrogen and oxygen atoms in total. The monoisotopic (exact) mass is 268 g/mol. The number of hydrogen-bond donors (Lipinski definition) is 1. The van der Waals surface area contributed by atoms with Gasteiger partial charge in [0.25, 0.3) is 5.91 Å². The molecule has 0 atom stereocenters. The van der Waals surface area contributed by atoms with Crippen molar-refractivity contribution in [1.29, 1.82) is 0 Å². The van der Waals surface area contributed by atoms with Crippen molar-refractivity contribution in [1.82, 2.24) is 5.16 Å². The van der Waals surface area contributed by atoms with Crippen molar-refractivity contribution in [3.8, 4) is 0 Å². The fraction of sp³-hybridized carbons (Fsp3) is 0.333. The molecule has 1 amide bonds. The zero-order valence-electron chi connectivity index (χ0n) is 6.30. The summed E-state index contributed by atoms with van der Waals surface area (Å²) >= 11 is 1.91. The maximum absolute atomic E-state index is 10.4. The van der Waals surface area contributed by atoms with Gasteiger partial charge in [-0.15, -0.1) is 0 Å². The molecule has 0 saturated carbocycles. The van der Waals surface area contributed by atoms with Gasteiger partial charge in [0.05, 0.1) is 3.57 Å². The normalized spacial score (nSPS) is 8.27. The standard InChI is InChI=1S/C4H3IN2O2.C2H6/c5-2-1-9-7-3(2)4(6)8;1-2/h1H,(H2,6,8);1-2H3. The summed E-state index contributed by atoms with van der Waals surface area (Å²) in [6.07, 6.45) is 1.36. The summed E-state index contributed by atoms with van der Waals surface area (Å²) in [7, 11) is 0. The summed E-state index contributed by atoms with van der Waals surface area (Å²) in [5, 5.41) is 3.36. The summed E-state index contributed by atoms with van der Waals surface area (Å²) in [5.74, 6) is -0.562. The number of nitrogens with two attached hydrogens (primary N) is 1. The van der Waals surface area contributed by atoms with Crippen LogP contribution in [-0.2, 0) is 0 Å². The van der Waals surface area contributed by atoms with E-state index < -0.39 is 5.91 Å². The molecule has 2 N–H and O–H groups in total. The van der Waals surface area contributed by atoms with Gasteiger partial charge in [-0.1, -0.05) is 19.0 Å². The summed E-state index contributed by atoms with van der Waals surface area (Å²) in [6.45, 7) is 4.00. The summed E-state index contributed by atoms with van der Waals surface area (Å²) in [4.78, 5) is 10.4. The number of halogens is 1. The Hall–Kier alpha value is -0.590. The van der Waals surface area contributed by atoms with Crippen LogP contribution in [0.3, 0.4) is 0 Å². The first kappa shape index (κ1) is 10.4. The fourth-order valence-electron chi connectivity index (χ4n) is 0.387. The van der Waals surface area contributed by atoms with Crippen LogP contribution in [0.2, 0.25) is 0 Å². The first-order valence-corrected chi connectivity index (χ1v) is 4.19. The van der Waals surface area contributed by atoms with Gasteiger partial charge in [-0.2, -0.15) is 0 Å². The third-order valence-corrected chi connectivity index (χ3v) is 1.52. The Labute approximate surface area is 78.3 Å². The second kappa shape index (κ2) is 5.11. The van der Waals surface area contributed by atoms with Gasteiger partial charge in [-0.3, -0.25) is 4.79 Å². The molecule has 0 fully saturated rings. The van der Waals surface area contributed by atoms with E-state index in [1.54, 1.807) is 0 Å². The molecule has 0 radical (unpaired) electrons. The lowest BCUT2D eigenvalue weighted by molar-refractivity contribution is 0.0991. The molecule has 5 heteroatoms. The maximum Gasteiger partial charge on any atom is 0.272 e. The quantitative estimate of drug-likeness (QED) is 0.783. The Morgan fingerprint density at radius 1 is 1.73 bits per heavy atom. The van der Waals surface area contributed by atoms with Crippen LogP contribution in [0.4, 0.5) is 0 Å². The minimum atomic E-state index is -0.562. The lowest BCUT2D eigenvalue weighted by atomic mass is 10.4. The molecule has 0 bridgehead atoms. The largest absolute Gasteiger partial charge is 0.364 e. The molecule has 0 spiro atoms. The lowest BCUT2D eigenvalue weighted by Gasteiger charge is -1.81. The van der Waals surface area contributed by atoms with Gasteiger partial charge in [0.15, 0.2) is 5.69 Å². The Morgan fingerprint density at radius 2 is 2.27 bits per heavy atom. The SMILES string of the molecule is CC.NC(=O)c1nocc1I. The molecule has 0 aliphatic rings. The van der Waals surface area contributed by atoms with Crippen molar-refractivity contribution in [3.05, 3.63) is 15.5 Å². The highest BCUT2D eigenvalue weighted by Gasteiger charge is 2.08. The number of carbonyl (C=O) groups is 1. The molecule has 0 aliphatic heterocycles. The van der Waals surface area contributed by atoms with Crippen molar-refractivity contribution < 1.29 is 9.32 Å². The predicted molar refractivity (Wildman–Crippen MR) is 49.1 cm³/mol. The number of carbonyl (C=O) groups excluding carboxylic acids is 1. The second-order valence-electron chi connectivity index (χ2n) is 1.38. The number of amides is 1. The van der Waals surface area contributed by atoms with Crippen molar-refractivity contribution in [2.75, 3.05) is 0 Å². The van der Waals surface area contributed by atoms with Crippen molar-refractivity contribution in [3.63, 3.8) is 0 Å². The number of hydrogen-bond acceptors (Lipinski definition) is 3. The molecular formula is C6H9IN2O2. The van der Waals surface area contributed by atoms with Crippen molar-refractivity contribution in [2.45, 2.75) is 13.8 Å². The Bertz CT molecular complexity index is 234. The zero-order chi connectivity index (χ0) is 8.85. The van der Waals surface area contributed by atoms with Crippen LogP contribution in [0.25, 0.3) is 0 Å².